The first-order valence-corrected chi connectivity index (χ1v) is 9.27. The molecule has 136 valence electrons. The summed E-state index contributed by atoms with van der Waals surface area (Å²) in [5, 5.41) is 3.81. The van der Waals surface area contributed by atoms with Crippen LogP contribution in [0.2, 0.25) is 0 Å². The molecular formula is C20H23N3O2S. The van der Waals surface area contributed by atoms with Crippen LogP contribution in [-0.4, -0.2) is 31.6 Å². The number of rotatable bonds is 6. The van der Waals surface area contributed by atoms with Gasteiger partial charge in [-0.25, -0.2) is 4.98 Å². The number of hydrogen-bond donors (Lipinski definition) is 1. The van der Waals surface area contributed by atoms with E-state index in [1.54, 1.807) is 18.4 Å². The Morgan fingerprint density at radius 1 is 1.15 bits per heavy atom. The van der Waals surface area contributed by atoms with E-state index in [1.165, 1.54) is 10.3 Å². The van der Waals surface area contributed by atoms with E-state index in [0.29, 0.717) is 6.54 Å². The number of fused-ring (bicyclic) bond motifs is 1. The van der Waals surface area contributed by atoms with E-state index in [4.69, 9.17) is 9.72 Å². The zero-order valence-corrected chi connectivity index (χ0v) is 16.3. The lowest BCUT2D eigenvalue weighted by Gasteiger charge is -2.15. The maximum Gasteiger partial charge on any atom is 0.239 e. The first-order valence-electron chi connectivity index (χ1n) is 8.45. The molecule has 0 aliphatic rings. The summed E-state index contributed by atoms with van der Waals surface area (Å²) in [6.45, 7) is 4.92. The molecule has 1 amide bonds. The smallest absolute Gasteiger partial charge is 0.239 e. The van der Waals surface area contributed by atoms with Gasteiger partial charge < -0.3 is 15.0 Å². The van der Waals surface area contributed by atoms with E-state index in [2.05, 4.69) is 31.3 Å². The number of methoxy groups -OCH3 is 1. The summed E-state index contributed by atoms with van der Waals surface area (Å²) in [5.74, 6) is 0.775. The molecule has 3 aromatic rings. The third-order valence-corrected chi connectivity index (χ3v) is 5.59. The Morgan fingerprint density at radius 3 is 2.50 bits per heavy atom. The first kappa shape index (κ1) is 18.2. The number of benzene rings is 2. The van der Waals surface area contributed by atoms with Crippen LogP contribution in [0, 0.1) is 13.8 Å². The molecule has 5 nitrogen and oxygen atoms in total. The fourth-order valence-electron chi connectivity index (χ4n) is 2.69. The van der Waals surface area contributed by atoms with Crippen molar-refractivity contribution in [2.75, 3.05) is 25.6 Å². The maximum absolute atomic E-state index is 12.3. The van der Waals surface area contributed by atoms with Crippen molar-refractivity contribution >= 4 is 32.6 Å². The molecule has 0 aliphatic heterocycles. The van der Waals surface area contributed by atoms with E-state index in [0.717, 1.165) is 27.5 Å². The van der Waals surface area contributed by atoms with E-state index < -0.39 is 0 Å². The first-order chi connectivity index (χ1) is 12.5. The summed E-state index contributed by atoms with van der Waals surface area (Å²) >= 11 is 1.63. The highest BCUT2D eigenvalue weighted by Crippen LogP contribution is 2.32. The average Bonchev–Trinajstić information content (AvgIpc) is 3.10. The summed E-state index contributed by atoms with van der Waals surface area (Å²) in [4.78, 5) is 18.9. The molecule has 0 saturated heterocycles. The molecule has 0 unspecified atom stereocenters. The number of aromatic nitrogens is 1. The molecule has 0 saturated carbocycles. The van der Waals surface area contributed by atoms with E-state index in [-0.39, 0.29) is 12.5 Å². The van der Waals surface area contributed by atoms with Crippen LogP contribution in [0.5, 0.6) is 5.75 Å². The van der Waals surface area contributed by atoms with E-state index in [1.807, 2.05) is 36.2 Å². The van der Waals surface area contributed by atoms with Crippen LogP contribution in [0.1, 0.15) is 16.7 Å². The van der Waals surface area contributed by atoms with Crippen molar-refractivity contribution in [1.82, 2.24) is 10.3 Å². The van der Waals surface area contributed by atoms with Gasteiger partial charge in [0.25, 0.3) is 0 Å². The molecule has 0 fully saturated rings. The second-order valence-electron chi connectivity index (χ2n) is 6.35. The lowest BCUT2D eigenvalue weighted by molar-refractivity contribution is -0.119. The normalized spacial score (nSPS) is 10.8. The van der Waals surface area contributed by atoms with Crippen molar-refractivity contribution in [2.45, 2.75) is 20.4 Å². The summed E-state index contributed by atoms with van der Waals surface area (Å²) in [6, 6.07) is 11.9. The van der Waals surface area contributed by atoms with Gasteiger partial charge in [0.1, 0.15) is 5.75 Å². The third-order valence-electron chi connectivity index (χ3n) is 4.29. The largest absolute Gasteiger partial charge is 0.497 e. The number of nitrogens with zero attached hydrogens (tertiary/aromatic N) is 2. The van der Waals surface area contributed by atoms with Gasteiger partial charge in [-0.2, -0.15) is 0 Å². The summed E-state index contributed by atoms with van der Waals surface area (Å²) < 4.78 is 6.32. The highest BCUT2D eigenvalue weighted by molar-refractivity contribution is 7.22. The van der Waals surface area contributed by atoms with Gasteiger partial charge in [-0.3, -0.25) is 4.79 Å². The number of amides is 1. The van der Waals surface area contributed by atoms with Crippen molar-refractivity contribution in [3.05, 3.63) is 53.1 Å². The van der Waals surface area contributed by atoms with Crippen LogP contribution in [0.4, 0.5) is 5.13 Å². The predicted octanol–water partition coefficient (Wildman–Crippen LogP) is 3.67. The predicted molar refractivity (Wildman–Crippen MR) is 107 cm³/mol. The van der Waals surface area contributed by atoms with Crippen LogP contribution in [0.3, 0.4) is 0 Å². The standard InChI is InChI=1S/C20H23N3O2S/c1-13-5-6-14(2)19-18(13)22-20(26-19)23(3)12-17(24)21-11-15-7-9-16(25-4)10-8-15/h5-10H,11-12H2,1-4H3,(H,21,24). The van der Waals surface area contributed by atoms with Gasteiger partial charge in [-0.15, -0.1) is 0 Å². The van der Waals surface area contributed by atoms with Crippen molar-refractivity contribution < 1.29 is 9.53 Å². The van der Waals surface area contributed by atoms with Gasteiger partial charge in [-0.1, -0.05) is 35.6 Å². The molecule has 0 atom stereocenters. The number of ether oxygens (including phenoxy) is 1. The van der Waals surface area contributed by atoms with Crippen molar-refractivity contribution in [2.24, 2.45) is 0 Å². The summed E-state index contributed by atoms with van der Waals surface area (Å²) in [7, 11) is 3.53. The summed E-state index contributed by atoms with van der Waals surface area (Å²) in [5.41, 5.74) is 4.43. The Balaban J connectivity index is 1.62. The number of thiazole rings is 1. The Hall–Kier alpha value is -2.60. The molecule has 26 heavy (non-hydrogen) atoms. The van der Waals surface area contributed by atoms with Crippen molar-refractivity contribution in [1.29, 1.82) is 0 Å². The van der Waals surface area contributed by atoms with Crippen molar-refractivity contribution in [3.8, 4) is 5.75 Å². The number of anilines is 1. The minimum absolute atomic E-state index is 0.0315. The van der Waals surface area contributed by atoms with Crippen LogP contribution in [-0.2, 0) is 11.3 Å². The van der Waals surface area contributed by atoms with Crippen LogP contribution in [0.15, 0.2) is 36.4 Å². The molecule has 1 heterocycles. The molecule has 0 aliphatic carbocycles. The van der Waals surface area contributed by atoms with Crippen LogP contribution in [0.25, 0.3) is 10.2 Å². The second kappa shape index (κ2) is 7.74. The monoisotopic (exact) mass is 369 g/mol. The van der Waals surface area contributed by atoms with Gasteiger partial charge in [0.15, 0.2) is 5.13 Å². The minimum Gasteiger partial charge on any atom is -0.497 e. The van der Waals surface area contributed by atoms with Gasteiger partial charge in [0.2, 0.25) is 5.91 Å². The van der Waals surface area contributed by atoms with Crippen LogP contribution < -0.4 is 15.0 Å². The Bertz CT molecular complexity index is 880. The second-order valence-corrected chi connectivity index (χ2v) is 7.33. The lowest BCUT2D eigenvalue weighted by Crippen LogP contribution is -2.34. The maximum atomic E-state index is 12.3. The summed E-state index contributed by atoms with van der Waals surface area (Å²) in [6.07, 6.45) is 0. The molecule has 0 radical (unpaired) electrons. The van der Waals surface area contributed by atoms with Gasteiger partial charge >= 0.3 is 0 Å². The Kier molecular flexibility index (Phi) is 5.42. The Labute approximate surface area is 157 Å². The fraction of sp³-hybridized carbons (Fsp3) is 0.300. The number of likely N-dealkylation sites (N-methyl/N-ethyl adjacent to an activating group) is 1. The number of hydrogen-bond acceptors (Lipinski definition) is 5. The number of nitrogens with one attached hydrogen (secondary N) is 1. The average molecular weight is 369 g/mol. The van der Waals surface area contributed by atoms with Crippen LogP contribution >= 0.6 is 11.3 Å². The third kappa shape index (κ3) is 3.96. The zero-order chi connectivity index (χ0) is 18.7. The quantitative estimate of drug-likeness (QED) is 0.720. The molecule has 1 aromatic heterocycles. The molecular weight excluding hydrogens is 346 g/mol. The van der Waals surface area contributed by atoms with Gasteiger partial charge in [0.05, 0.1) is 23.9 Å². The highest BCUT2D eigenvalue weighted by atomic mass is 32.1. The molecule has 6 heteroatoms. The van der Waals surface area contributed by atoms with Gasteiger partial charge in [-0.05, 0) is 42.7 Å². The lowest BCUT2D eigenvalue weighted by atomic mass is 10.1. The van der Waals surface area contributed by atoms with E-state index in [9.17, 15) is 4.79 Å². The number of aryl methyl sites for hydroxylation is 2. The molecule has 2 aromatic carbocycles. The Morgan fingerprint density at radius 2 is 1.85 bits per heavy atom. The number of carbonyl (C=O) groups excluding carboxylic acids is 1. The minimum atomic E-state index is -0.0315. The number of carbonyl (C=O) groups is 1. The topological polar surface area (TPSA) is 54.5 Å². The molecule has 3 rings (SSSR count). The van der Waals surface area contributed by atoms with Crippen molar-refractivity contribution in [3.63, 3.8) is 0 Å². The zero-order valence-electron chi connectivity index (χ0n) is 15.5. The molecule has 1 N–H and O–H groups in total. The fourth-order valence-corrected chi connectivity index (χ4v) is 3.77. The molecule has 0 spiro atoms. The highest BCUT2D eigenvalue weighted by Gasteiger charge is 2.14. The van der Waals surface area contributed by atoms with Gasteiger partial charge in [0, 0.05) is 13.6 Å². The SMILES string of the molecule is COc1ccc(CNC(=O)CN(C)c2nc3c(C)ccc(C)c3s2)cc1. The van der Waals surface area contributed by atoms with E-state index >= 15 is 0 Å². The molecule has 0 bridgehead atoms.